The molecule has 1 aromatic rings. The van der Waals surface area contributed by atoms with Crippen LogP contribution in [0.2, 0.25) is 5.02 Å². The van der Waals surface area contributed by atoms with Gasteiger partial charge in [-0.15, -0.1) is 0 Å². The molecule has 1 N–H and O–H groups in total. The molecule has 0 radical (unpaired) electrons. The number of carbonyl (C=O) groups excluding carboxylic acids is 1. The number of likely N-dealkylation sites (tertiary alicyclic amines) is 1. The summed E-state index contributed by atoms with van der Waals surface area (Å²) in [6.07, 6.45) is 2.00. The molecule has 20 heavy (non-hydrogen) atoms. The lowest BCUT2D eigenvalue weighted by Crippen LogP contribution is -2.42. The fourth-order valence-electron chi connectivity index (χ4n) is 2.32. The molecule has 0 spiro atoms. The zero-order chi connectivity index (χ0) is 14.5. The predicted molar refractivity (Wildman–Crippen MR) is 78.4 cm³/mol. The lowest BCUT2D eigenvalue weighted by molar-refractivity contribution is 0.0470. The van der Waals surface area contributed by atoms with E-state index < -0.39 is 6.10 Å². The van der Waals surface area contributed by atoms with Gasteiger partial charge >= 0.3 is 0 Å². The number of piperidine rings is 1. The van der Waals surface area contributed by atoms with Crippen molar-refractivity contribution in [3.63, 3.8) is 0 Å². The van der Waals surface area contributed by atoms with Crippen molar-refractivity contribution in [1.29, 1.82) is 0 Å². The van der Waals surface area contributed by atoms with Gasteiger partial charge in [-0.1, -0.05) is 18.5 Å². The van der Waals surface area contributed by atoms with Crippen molar-refractivity contribution in [2.45, 2.75) is 32.3 Å². The Kier molecular flexibility index (Phi) is 5.26. The molecule has 110 valence electrons. The van der Waals surface area contributed by atoms with Crippen LogP contribution in [-0.4, -0.2) is 41.7 Å². The first kappa shape index (κ1) is 15.1. The Balaban J connectivity index is 2.20. The first-order chi connectivity index (χ1) is 9.61. The van der Waals surface area contributed by atoms with Crippen molar-refractivity contribution >= 4 is 17.5 Å². The zero-order valence-electron chi connectivity index (χ0n) is 11.6. The molecule has 0 aromatic heterocycles. The summed E-state index contributed by atoms with van der Waals surface area (Å²) in [6, 6.07) is 5.08. The number of benzene rings is 1. The number of nitrogens with zero attached hydrogens (tertiary/aromatic N) is 1. The summed E-state index contributed by atoms with van der Waals surface area (Å²) in [5.74, 6) is 0.429. The Morgan fingerprint density at radius 2 is 2.35 bits per heavy atom. The van der Waals surface area contributed by atoms with Gasteiger partial charge in [0.15, 0.2) is 0 Å². The number of hydrogen-bond acceptors (Lipinski definition) is 3. The molecule has 1 aromatic carbocycles. The van der Waals surface area contributed by atoms with E-state index in [0.29, 0.717) is 36.0 Å². The highest BCUT2D eigenvalue weighted by Gasteiger charge is 2.25. The van der Waals surface area contributed by atoms with Crippen LogP contribution in [0.1, 0.15) is 36.5 Å². The van der Waals surface area contributed by atoms with E-state index >= 15 is 0 Å². The molecule has 1 heterocycles. The second-order valence-corrected chi connectivity index (χ2v) is 5.47. The van der Waals surface area contributed by atoms with Crippen LogP contribution < -0.4 is 4.74 Å². The van der Waals surface area contributed by atoms with Crippen LogP contribution in [0.4, 0.5) is 0 Å². The van der Waals surface area contributed by atoms with Gasteiger partial charge in [0.1, 0.15) is 5.75 Å². The van der Waals surface area contributed by atoms with E-state index in [0.717, 1.165) is 19.3 Å². The third-order valence-corrected chi connectivity index (χ3v) is 3.55. The number of aliphatic hydroxyl groups excluding tert-OH is 1. The van der Waals surface area contributed by atoms with Gasteiger partial charge in [0.2, 0.25) is 0 Å². The maximum absolute atomic E-state index is 12.6. The summed E-state index contributed by atoms with van der Waals surface area (Å²) < 4.78 is 5.61. The average Bonchev–Trinajstić information content (AvgIpc) is 2.45. The first-order valence-corrected chi connectivity index (χ1v) is 7.39. The van der Waals surface area contributed by atoms with Crippen molar-refractivity contribution in [2.75, 3.05) is 19.7 Å². The second kappa shape index (κ2) is 6.95. The topological polar surface area (TPSA) is 49.8 Å². The number of amides is 1. The van der Waals surface area contributed by atoms with E-state index in [-0.39, 0.29) is 5.91 Å². The molecule has 1 aliphatic rings. The molecule has 0 unspecified atom stereocenters. The highest BCUT2D eigenvalue weighted by atomic mass is 35.5. The minimum absolute atomic E-state index is 0.127. The van der Waals surface area contributed by atoms with Crippen LogP contribution in [0.3, 0.4) is 0 Å². The van der Waals surface area contributed by atoms with E-state index in [4.69, 9.17) is 16.3 Å². The van der Waals surface area contributed by atoms with Crippen molar-refractivity contribution in [1.82, 2.24) is 4.90 Å². The molecule has 1 fully saturated rings. The molecule has 0 aliphatic carbocycles. The normalized spacial score (nSPS) is 18.9. The number of β-amino-alcohol motifs (C(OH)–C–C–N with tert-alkyl or cyclic N) is 1. The van der Waals surface area contributed by atoms with Gasteiger partial charge in [-0.05, 0) is 37.5 Å². The fourth-order valence-corrected chi connectivity index (χ4v) is 2.49. The fraction of sp³-hybridized carbons (Fsp3) is 0.533. The van der Waals surface area contributed by atoms with Crippen LogP contribution in [0.5, 0.6) is 5.75 Å². The van der Waals surface area contributed by atoms with Crippen LogP contribution >= 0.6 is 11.6 Å². The van der Waals surface area contributed by atoms with E-state index in [1.54, 1.807) is 23.1 Å². The average molecular weight is 298 g/mol. The highest BCUT2D eigenvalue weighted by Crippen LogP contribution is 2.26. The van der Waals surface area contributed by atoms with Crippen LogP contribution in [0.25, 0.3) is 0 Å². The SMILES string of the molecule is CCCOc1ccc(Cl)cc1C(=O)N1CCC[C@H](O)C1. The van der Waals surface area contributed by atoms with Gasteiger partial charge in [-0.25, -0.2) is 0 Å². The Bertz CT molecular complexity index is 478. The minimum atomic E-state index is -0.438. The van der Waals surface area contributed by atoms with Crippen molar-refractivity contribution in [2.24, 2.45) is 0 Å². The molecule has 1 atom stereocenters. The molecule has 5 heteroatoms. The number of carbonyl (C=O) groups is 1. The van der Waals surface area contributed by atoms with Crippen LogP contribution in [-0.2, 0) is 0 Å². The number of halogens is 1. The smallest absolute Gasteiger partial charge is 0.257 e. The van der Waals surface area contributed by atoms with Gasteiger partial charge < -0.3 is 14.7 Å². The summed E-state index contributed by atoms with van der Waals surface area (Å²) in [5.41, 5.74) is 0.472. The molecular formula is C15H20ClNO3. The molecule has 0 saturated carbocycles. The van der Waals surface area contributed by atoms with E-state index in [1.165, 1.54) is 0 Å². The van der Waals surface area contributed by atoms with E-state index in [9.17, 15) is 9.90 Å². The lowest BCUT2D eigenvalue weighted by atomic mass is 10.1. The third kappa shape index (κ3) is 3.64. The first-order valence-electron chi connectivity index (χ1n) is 7.01. The Morgan fingerprint density at radius 3 is 3.05 bits per heavy atom. The Hall–Kier alpha value is -1.26. The molecule has 1 saturated heterocycles. The van der Waals surface area contributed by atoms with Crippen LogP contribution in [0.15, 0.2) is 18.2 Å². The van der Waals surface area contributed by atoms with E-state index in [2.05, 4.69) is 0 Å². The quantitative estimate of drug-likeness (QED) is 0.929. The number of ether oxygens (including phenoxy) is 1. The maximum atomic E-state index is 12.6. The zero-order valence-corrected chi connectivity index (χ0v) is 12.4. The Morgan fingerprint density at radius 1 is 1.55 bits per heavy atom. The molecule has 0 bridgehead atoms. The maximum Gasteiger partial charge on any atom is 0.257 e. The van der Waals surface area contributed by atoms with Gasteiger partial charge in [0.25, 0.3) is 5.91 Å². The second-order valence-electron chi connectivity index (χ2n) is 5.04. The van der Waals surface area contributed by atoms with Crippen molar-refractivity contribution in [3.05, 3.63) is 28.8 Å². The molecule has 2 rings (SSSR count). The predicted octanol–water partition coefficient (Wildman–Crippen LogP) is 2.73. The summed E-state index contributed by atoms with van der Waals surface area (Å²) in [4.78, 5) is 14.2. The van der Waals surface area contributed by atoms with Gasteiger partial charge in [0, 0.05) is 18.1 Å². The van der Waals surface area contributed by atoms with Crippen LogP contribution in [0, 0.1) is 0 Å². The molecule has 1 amide bonds. The third-order valence-electron chi connectivity index (χ3n) is 3.32. The highest BCUT2D eigenvalue weighted by molar-refractivity contribution is 6.31. The monoisotopic (exact) mass is 297 g/mol. The van der Waals surface area contributed by atoms with Gasteiger partial charge in [-0.2, -0.15) is 0 Å². The van der Waals surface area contributed by atoms with Crippen molar-refractivity contribution < 1.29 is 14.6 Å². The molecule has 1 aliphatic heterocycles. The number of aliphatic hydroxyl groups is 1. The summed E-state index contributed by atoms with van der Waals surface area (Å²) in [5, 5.41) is 10.2. The van der Waals surface area contributed by atoms with E-state index in [1.807, 2.05) is 6.92 Å². The summed E-state index contributed by atoms with van der Waals surface area (Å²) in [7, 11) is 0. The summed E-state index contributed by atoms with van der Waals surface area (Å²) in [6.45, 7) is 3.61. The lowest BCUT2D eigenvalue weighted by Gasteiger charge is -2.30. The standard InChI is InChI=1S/C15H20ClNO3/c1-2-8-20-14-6-5-11(16)9-13(14)15(19)17-7-3-4-12(18)10-17/h5-6,9,12,18H,2-4,7-8,10H2,1H3/t12-/m0/s1. The van der Waals surface area contributed by atoms with Crippen molar-refractivity contribution in [3.8, 4) is 5.75 Å². The largest absolute Gasteiger partial charge is 0.493 e. The molecule has 4 nitrogen and oxygen atoms in total. The van der Waals surface area contributed by atoms with Gasteiger partial charge in [-0.3, -0.25) is 4.79 Å². The number of hydrogen-bond donors (Lipinski definition) is 1. The summed E-state index contributed by atoms with van der Waals surface area (Å²) >= 11 is 5.99. The Labute approximate surface area is 124 Å². The number of rotatable bonds is 4. The minimum Gasteiger partial charge on any atom is -0.493 e. The van der Waals surface area contributed by atoms with Gasteiger partial charge in [0.05, 0.1) is 18.3 Å². The molecular weight excluding hydrogens is 278 g/mol.